The topological polar surface area (TPSA) is 55.0 Å². The number of aryl methyl sites for hydroxylation is 2. The highest BCUT2D eigenvalue weighted by Crippen LogP contribution is 1.99. The van der Waals surface area contributed by atoms with Gasteiger partial charge in [-0.2, -0.15) is 4.39 Å². The van der Waals surface area contributed by atoms with Crippen LogP contribution in [0.3, 0.4) is 0 Å². The van der Waals surface area contributed by atoms with Crippen LogP contribution in [0.4, 0.5) is 4.39 Å². The van der Waals surface area contributed by atoms with Crippen LogP contribution in [0.2, 0.25) is 0 Å². The Morgan fingerprint density at radius 2 is 2.29 bits per heavy atom. The van der Waals surface area contributed by atoms with Crippen molar-refractivity contribution in [2.45, 2.75) is 19.8 Å². The van der Waals surface area contributed by atoms with E-state index < -0.39 is 11.4 Å². The molecule has 0 bridgehead atoms. The largest absolute Gasteiger partial charge is 0.385 e. The quantitative estimate of drug-likeness (QED) is 0.731. The fourth-order valence-electron chi connectivity index (χ4n) is 1.13. The van der Waals surface area contributed by atoms with Crippen LogP contribution in [-0.2, 0) is 11.2 Å². The van der Waals surface area contributed by atoms with E-state index in [-0.39, 0.29) is 5.69 Å². The summed E-state index contributed by atoms with van der Waals surface area (Å²) < 4.78 is 17.7. The zero-order valence-electron chi connectivity index (χ0n) is 8.26. The maximum absolute atomic E-state index is 12.9. The average molecular weight is 200 g/mol. The first-order chi connectivity index (χ1) is 6.65. The van der Waals surface area contributed by atoms with Gasteiger partial charge in [0, 0.05) is 20.1 Å². The Balaban J connectivity index is 2.75. The lowest BCUT2D eigenvalue weighted by molar-refractivity contribution is 0.194. The normalized spacial score (nSPS) is 10.5. The molecular formula is C9H13FN2O2. The number of hydrogen-bond donors (Lipinski definition) is 1. The molecule has 1 rings (SSSR count). The molecule has 1 heterocycles. The van der Waals surface area contributed by atoms with E-state index >= 15 is 0 Å². The van der Waals surface area contributed by atoms with Crippen molar-refractivity contribution in [2.75, 3.05) is 13.7 Å². The molecule has 0 aliphatic rings. The number of aromatic amines is 1. The van der Waals surface area contributed by atoms with Crippen LogP contribution in [0.1, 0.15) is 17.9 Å². The molecule has 0 saturated heterocycles. The van der Waals surface area contributed by atoms with Crippen LogP contribution in [0.25, 0.3) is 0 Å². The fraction of sp³-hybridized carbons (Fsp3) is 0.556. The van der Waals surface area contributed by atoms with Gasteiger partial charge in [-0.15, -0.1) is 0 Å². The van der Waals surface area contributed by atoms with Gasteiger partial charge in [0.05, 0.1) is 5.69 Å². The second-order valence-electron chi connectivity index (χ2n) is 3.01. The van der Waals surface area contributed by atoms with Gasteiger partial charge in [0.15, 0.2) is 0 Å². The number of nitrogens with zero attached hydrogens (tertiary/aromatic N) is 1. The summed E-state index contributed by atoms with van der Waals surface area (Å²) in [6.45, 7) is 2.07. The lowest BCUT2D eigenvalue weighted by Gasteiger charge is -2.01. The number of methoxy groups -OCH3 is 1. The van der Waals surface area contributed by atoms with Gasteiger partial charge in [0.25, 0.3) is 5.56 Å². The fourth-order valence-corrected chi connectivity index (χ4v) is 1.13. The molecule has 0 amide bonds. The molecule has 4 nitrogen and oxygen atoms in total. The van der Waals surface area contributed by atoms with Crippen molar-refractivity contribution in [2.24, 2.45) is 0 Å². The summed E-state index contributed by atoms with van der Waals surface area (Å²) in [5.74, 6) is -0.300. The second kappa shape index (κ2) is 4.85. The molecule has 0 unspecified atom stereocenters. The molecule has 0 atom stereocenters. The van der Waals surface area contributed by atoms with Crippen LogP contribution in [0, 0.1) is 12.7 Å². The van der Waals surface area contributed by atoms with E-state index in [1.807, 2.05) is 0 Å². The molecule has 1 N–H and O–H groups in total. The SMILES string of the molecule is COCCCc1nc(C)c(F)c(=O)[nH]1. The van der Waals surface area contributed by atoms with Crippen molar-refractivity contribution < 1.29 is 9.13 Å². The highest BCUT2D eigenvalue weighted by molar-refractivity contribution is 5.03. The molecule has 0 spiro atoms. The number of rotatable bonds is 4. The molecule has 0 aliphatic carbocycles. The molecule has 0 aliphatic heterocycles. The second-order valence-corrected chi connectivity index (χ2v) is 3.01. The van der Waals surface area contributed by atoms with E-state index in [2.05, 4.69) is 9.97 Å². The Hall–Kier alpha value is -1.23. The van der Waals surface area contributed by atoms with E-state index in [1.54, 1.807) is 7.11 Å². The molecular weight excluding hydrogens is 187 g/mol. The molecule has 1 aromatic rings. The molecule has 0 radical (unpaired) electrons. The summed E-state index contributed by atoms with van der Waals surface area (Å²) >= 11 is 0. The minimum Gasteiger partial charge on any atom is -0.385 e. The van der Waals surface area contributed by atoms with Crippen molar-refractivity contribution in [3.63, 3.8) is 0 Å². The number of H-pyrrole nitrogens is 1. The van der Waals surface area contributed by atoms with Gasteiger partial charge in [-0.3, -0.25) is 4.79 Å². The molecule has 5 heteroatoms. The Morgan fingerprint density at radius 1 is 1.57 bits per heavy atom. The molecule has 78 valence electrons. The molecule has 14 heavy (non-hydrogen) atoms. The molecule has 0 aromatic carbocycles. The number of hydrogen-bond acceptors (Lipinski definition) is 3. The Bertz CT molecular complexity index is 362. The average Bonchev–Trinajstić information content (AvgIpc) is 2.14. The third kappa shape index (κ3) is 2.63. The number of ether oxygens (including phenoxy) is 1. The molecule has 1 aromatic heterocycles. The van der Waals surface area contributed by atoms with Gasteiger partial charge < -0.3 is 9.72 Å². The van der Waals surface area contributed by atoms with Gasteiger partial charge in [-0.25, -0.2) is 4.98 Å². The van der Waals surface area contributed by atoms with Crippen molar-refractivity contribution >= 4 is 0 Å². The van der Waals surface area contributed by atoms with Gasteiger partial charge >= 0.3 is 0 Å². The monoisotopic (exact) mass is 200 g/mol. The first-order valence-electron chi connectivity index (χ1n) is 4.39. The maximum atomic E-state index is 12.9. The molecule has 0 saturated carbocycles. The lowest BCUT2D eigenvalue weighted by atomic mass is 10.3. The lowest BCUT2D eigenvalue weighted by Crippen LogP contribution is -2.17. The Labute approximate surface area is 81.1 Å². The number of aromatic nitrogens is 2. The van der Waals surface area contributed by atoms with Crippen LogP contribution < -0.4 is 5.56 Å². The predicted octanol–water partition coefficient (Wildman–Crippen LogP) is 0.796. The van der Waals surface area contributed by atoms with Gasteiger partial charge in [-0.1, -0.05) is 0 Å². The minimum absolute atomic E-state index is 0.140. The van der Waals surface area contributed by atoms with E-state index in [4.69, 9.17) is 4.74 Å². The standard InChI is InChI=1S/C9H13FN2O2/c1-6-8(10)9(13)12-7(11-6)4-3-5-14-2/h3-5H2,1-2H3,(H,11,12,13). The van der Waals surface area contributed by atoms with E-state index in [1.165, 1.54) is 6.92 Å². The highest BCUT2D eigenvalue weighted by atomic mass is 19.1. The zero-order chi connectivity index (χ0) is 10.6. The Morgan fingerprint density at radius 3 is 2.86 bits per heavy atom. The third-order valence-corrected chi connectivity index (χ3v) is 1.84. The van der Waals surface area contributed by atoms with Crippen LogP contribution >= 0.6 is 0 Å². The summed E-state index contributed by atoms with van der Waals surface area (Å²) in [6, 6.07) is 0. The van der Waals surface area contributed by atoms with Crippen molar-refractivity contribution in [3.8, 4) is 0 Å². The summed E-state index contributed by atoms with van der Waals surface area (Å²) in [7, 11) is 1.60. The van der Waals surface area contributed by atoms with Crippen LogP contribution in [0.15, 0.2) is 4.79 Å². The number of halogens is 1. The van der Waals surface area contributed by atoms with Gasteiger partial charge in [0.2, 0.25) is 5.82 Å². The highest BCUT2D eigenvalue weighted by Gasteiger charge is 2.06. The summed E-state index contributed by atoms with van der Waals surface area (Å²) in [4.78, 5) is 17.3. The first-order valence-corrected chi connectivity index (χ1v) is 4.39. The summed E-state index contributed by atoms with van der Waals surface area (Å²) in [5, 5.41) is 0. The van der Waals surface area contributed by atoms with Crippen molar-refractivity contribution in [3.05, 3.63) is 27.7 Å². The van der Waals surface area contributed by atoms with Crippen molar-refractivity contribution in [1.82, 2.24) is 9.97 Å². The van der Waals surface area contributed by atoms with E-state index in [0.717, 1.165) is 6.42 Å². The van der Waals surface area contributed by atoms with E-state index in [0.29, 0.717) is 18.9 Å². The third-order valence-electron chi connectivity index (χ3n) is 1.84. The maximum Gasteiger partial charge on any atom is 0.287 e. The first kappa shape index (κ1) is 10.8. The number of nitrogens with one attached hydrogen (secondary N) is 1. The van der Waals surface area contributed by atoms with E-state index in [9.17, 15) is 9.18 Å². The van der Waals surface area contributed by atoms with Crippen LogP contribution in [-0.4, -0.2) is 23.7 Å². The predicted molar refractivity (Wildman–Crippen MR) is 49.7 cm³/mol. The minimum atomic E-state index is -0.805. The Kier molecular flexibility index (Phi) is 3.76. The van der Waals surface area contributed by atoms with Crippen LogP contribution in [0.5, 0.6) is 0 Å². The van der Waals surface area contributed by atoms with Crippen molar-refractivity contribution in [1.29, 1.82) is 0 Å². The van der Waals surface area contributed by atoms with Gasteiger partial charge in [-0.05, 0) is 13.3 Å². The van der Waals surface area contributed by atoms with Gasteiger partial charge in [0.1, 0.15) is 5.82 Å². The molecule has 0 fully saturated rings. The summed E-state index contributed by atoms with van der Waals surface area (Å²) in [6.07, 6.45) is 1.34. The smallest absolute Gasteiger partial charge is 0.287 e. The summed E-state index contributed by atoms with van der Waals surface area (Å²) in [5.41, 5.74) is -0.564. The zero-order valence-corrected chi connectivity index (χ0v) is 8.26.